The number of rotatable bonds is 2. The van der Waals surface area contributed by atoms with Crippen LogP contribution in [0.1, 0.15) is 11.6 Å². The van der Waals surface area contributed by atoms with E-state index in [4.69, 9.17) is 40.4 Å². The second-order valence-electron chi connectivity index (χ2n) is 2.73. The molecule has 6 N–H and O–H groups in total. The van der Waals surface area contributed by atoms with Gasteiger partial charge in [-0.05, 0) is 17.7 Å². The molecule has 1 aromatic carbocycles. The quantitative estimate of drug-likeness (QED) is 0.661. The highest BCUT2D eigenvalue weighted by atomic mass is 35.5. The third kappa shape index (κ3) is 2.25. The van der Waals surface area contributed by atoms with Crippen molar-refractivity contribution in [3.8, 4) is 0 Å². The van der Waals surface area contributed by atoms with Gasteiger partial charge in [-0.15, -0.1) is 0 Å². The van der Waals surface area contributed by atoms with E-state index in [1.165, 1.54) is 0 Å². The summed E-state index contributed by atoms with van der Waals surface area (Å²) < 4.78 is 0. The van der Waals surface area contributed by atoms with Gasteiger partial charge in [-0.1, -0.05) is 23.2 Å². The molecule has 0 fully saturated rings. The Bertz CT molecular complexity index is 315. The summed E-state index contributed by atoms with van der Waals surface area (Å²) in [5.41, 5.74) is 18.0. The zero-order chi connectivity index (χ0) is 10.0. The first-order valence-electron chi connectivity index (χ1n) is 3.76. The van der Waals surface area contributed by atoms with Crippen LogP contribution in [0.3, 0.4) is 0 Å². The highest BCUT2D eigenvalue weighted by Crippen LogP contribution is 2.30. The van der Waals surface area contributed by atoms with Gasteiger partial charge in [0, 0.05) is 17.6 Å². The minimum atomic E-state index is -0.323. The van der Waals surface area contributed by atoms with Crippen LogP contribution in [-0.4, -0.2) is 6.54 Å². The highest BCUT2D eigenvalue weighted by Gasteiger charge is 2.11. The third-order valence-corrected chi connectivity index (χ3v) is 2.31. The second kappa shape index (κ2) is 4.15. The van der Waals surface area contributed by atoms with Crippen molar-refractivity contribution in [1.82, 2.24) is 0 Å². The van der Waals surface area contributed by atoms with Gasteiger partial charge in [-0.25, -0.2) is 0 Å². The predicted molar refractivity (Wildman–Crippen MR) is 56.9 cm³/mol. The second-order valence-corrected chi connectivity index (χ2v) is 3.58. The van der Waals surface area contributed by atoms with Crippen LogP contribution in [0.25, 0.3) is 0 Å². The summed E-state index contributed by atoms with van der Waals surface area (Å²) in [5.74, 6) is 0. The molecule has 0 bridgehead atoms. The number of halogens is 2. The molecule has 0 aliphatic rings. The van der Waals surface area contributed by atoms with Crippen LogP contribution in [0.2, 0.25) is 10.0 Å². The molecule has 3 nitrogen and oxygen atoms in total. The van der Waals surface area contributed by atoms with Gasteiger partial charge in [0.05, 0.1) is 10.7 Å². The Balaban J connectivity index is 3.20. The summed E-state index contributed by atoms with van der Waals surface area (Å²) in [6.07, 6.45) is 0. The first-order valence-corrected chi connectivity index (χ1v) is 4.52. The Hall–Kier alpha value is -0.480. The van der Waals surface area contributed by atoms with Crippen LogP contribution < -0.4 is 17.2 Å². The monoisotopic (exact) mass is 219 g/mol. The Labute approximate surface area is 86.8 Å². The number of hydrogen-bond donors (Lipinski definition) is 3. The number of nitrogen functional groups attached to an aromatic ring is 1. The Morgan fingerprint density at radius 3 is 2.46 bits per heavy atom. The Morgan fingerprint density at radius 2 is 1.92 bits per heavy atom. The fourth-order valence-electron chi connectivity index (χ4n) is 1.04. The van der Waals surface area contributed by atoms with E-state index in [-0.39, 0.29) is 6.04 Å². The molecular weight excluding hydrogens is 209 g/mol. The van der Waals surface area contributed by atoms with Crippen LogP contribution in [0.4, 0.5) is 5.69 Å². The fraction of sp³-hybridized carbons (Fsp3) is 0.250. The van der Waals surface area contributed by atoms with Crippen molar-refractivity contribution < 1.29 is 0 Å². The summed E-state index contributed by atoms with van der Waals surface area (Å²) in [6, 6.07) is 2.93. The van der Waals surface area contributed by atoms with E-state index in [9.17, 15) is 0 Å². The van der Waals surface area contributed by atoms with Crippen LogP contribution in [0, 0.1) is 0 Å². The molecule has 1 rings (SSSR count). The lowest BCUT2D eigenvalue weighted by Crippen LogP contribution is -2.22. The summed E-state index contributed by atoms with van der Waals surface area (Å²) in [6.45, 7) is 0.306. The molecule has 0 unspecified atom stereocenters. The number of benzene rings is 1. The minimum absolute atomic E-state index is 0.306. The van der Waals surface area contributed by atoms with Crippen molar-refractivity contribution in [2.24, 2.45) is 11.5 Å². The molecule has 5 heteroatoms. The number of hydrogen-bond acceptors (Lipinski definition) is 3. The lowest BCUT2D eigenvalue weighted by Gasteiger charge is -2.13. The first-order chi connectivity index (χ1) is 6.06. The summed E-state index contributed by atoms with van der Waals surface area (Å²) in [7, 11) is 0. The topological polar surface area (TPSA) is 78.1 Å². The van der Waals surface area contributed by atoms with E-state index in [1.807, 2.05) is 0 Å². The maximum Gasteiger partial charge on any atom is 0.0653 e. The number of nitrogens with two attached hydrogens (primary N) is 3. The maximum atomic E-state index is 5.81. The largest absolute Gasteiger partial charge is 0.397 e. The maximum absolute atomic E-state index is 5.81. The molecule has 13 heavy (non-hydrogen) atoms. The van der Waals surface area contributed by atoms with Crippen molar-refractivity contribution in [1.29, 1.82) is 0 Å². The third-order valence-electron chi connectivity index (χ3n) is 1.78. The van der Waals surface area contributed by atoms with E-state index < -0.39 is 0 Å². The van der Waals surface area contributed by atoms with Gasteiger partial charge in [0.15, 0.2) is 0 Å². The standard InChI is InChI=1S/C8H11Cl2N3/c9-4-1-5(7(12)3-11)8(13)6(10)2-4/h1-2,7H,3,11-13H2/t7-/m0/s1. The molecule has 0 heterocycles. The van der Waals surface area contributed by atoms with E-state index >= 15 is 0 Å². The van der Waals surface area contributed by atoms with Crippen molar-refractivity contribution in [3.63, 3.8) is 0 Å². The first kappa shape index (κ1) is 10.6. The summed E-state index contributed by atoms with van der Waals surface area (Å²) >= 11 is 11.6. The van der Waals surface area contributed by atoms with E-state index in [2.05, 4.69) is 0 Å². The average molecular weight is 220 g/mol. The smallest absolute Gasteiger partial charge is 0.0653 e. The lowest BCUT2D eigenvalue weighted by atomic mass is 10.1. The number of anilines is 1. The van der Waals surface area contributed by atoms with Gasteiger partial charge in [-0.3, -0.25) is 0 Å². The molecule has 0 aliphatic heterocycles. The van der Waals surface area contributed by atoms with Gasteiger partial charge in [0.1, 0.15) is 0 Å². The van der Waals surface area contributed by atoms with Crippen LogP contribution >= 0.6 is 23.2 Å². The summed E-state index contributed by atoms with van der Waals surface area (Å²) in [4.78, 5) is 0. The van der Waals surface area contributed by atoms with Crippen LogP contribution in [0.15, 0.2) is 12.1 Å². The van der Waals surface area contributed by atoms with Crippen LogP contribution in [-0.2, 0) is 0 Å². The molecule has 1 aromatic rings. The van der Waals surface area contributed by atoms with E-state index in [0.29, 0.717) is 27.8 Å². The van der Waals surface area contributed by atoms with E-state index in [1.54, 1.807) is 12.1 Å². The van der Waals surface area contributed by atoms with Gasteiger partial charge in [0.2, 0.25) is 0 Å². The zero-order valence-corrected chi connectivity index (χ0v) is 8.44. The minimum Gasteiger partial charge on any atom is -0.397 e. The van der Waals surface area contributed by atoms with Crippen molar-refractivity contribution in [3.05, 3.63) is 27.7 Å². The Kier molecular flexibility index (Phi) is 3.39. The highest BCUT2D eigenvalue weighted by molar-refractivity contribution is 6.36. The van der Waals surface area contributed by atoms with Gasteiger partial charge >= 0.3 is 0 Å². The molecule has 0 spiro atoms. The van der Waals surface area contributed by atoms with Crippen molar-refractivity contribution >= 4 is 28.9 Å². The predicted octanol–water partition coefficient (Wildman–Crippen LogP) is 1.53. The lowest BCUT2D eigenvalue weighted by molar-refractivity contribution is 0.739. The van der Waals surface area contributed by atoms with Crippen LogP contribution in [0.5, 0.6) is 0 Å². The molecule has 0 radical (unpaired) electrons. The zero-order valence-electron chi connectivity index (χ0n) is 6.93. The molecule has 0 saturated carbocycles. The SMILES string of the molecule is NC[C@H](N)c1cc(Cl)cc(Cl)c1N. The fourth-order valence-corrected chi connectivity index (χ4v) is 1.55. The molecule has 1 atom stereocenters. The molecule has 0 aromatic heterocycles. The summed E-state index contributed by atoms with van der Waals surface area (Å²) in [5, 5.41) is 0.921. The Morgan fingerprint density at radius 1 is 1.31 bits per heavy atom. The molecule has 0 saturated heterocycles. The molecule has 0 aliphatic carbocycles. The molecule has 0 amide bonds. The van der Waals surface area contributed by atoms with Gasteiger partial charge in [-0.2, -0.15) is 0 Å². The normalized spacial score (nSPS) is 12.9. The van der Waals surface area contributed by atoms with Crippen molar-refractivity contribution in [2.45, 2.75) is 6.04 Å². The average Bonchev–Trinajstić information content (AvgIpc) is 2.10. The van der Waals surface area contributed by atoms with Gasteiger partial charge in [0.25, 0.3) is 0 Å². The van der Waals surface area contributed by atoms with Gasteiger partial charge < -0.3 is 17.2 Å². The molecule has 72 valence electrons. The van der Waals surface area contributed by atoms with E-state index in [0.717, 1.165) is 0 Å². The molecular formula is C8H11Cl2N3. The van der Waals surface area contributed by atoms with Crippen molar-refractivity contribution in [2.75, 3.05) is 12.3 Å².